The van der Waals surface area contributed by atoms with Gasteiger partial charge in [-0.15, -0.1) is 0 Å². The molecule has 1 unspecified atom stereocenters. The fraction of sp³-hybridized carbons (Fsp3) is 0.636. The van der Waals surface area contributed by atoms with Crippen molar-refractivity contribution >= 4 is 11.9 Å². The average molecular weight is 408 g/mol. The molecule has 0 radical (unpaired) electrons. The minimum Gasteiger partial charge on any atom is -0.497 e. The lowest BCUT2D eigenvalue weighted by Crippen LogP contribution is -2.46. The van der Waals surface area contributed by atoms with Gasteiger partial charge in [0.2, 0.25) is 0 Å². The zero-order valence-corrected chi connectivity index (χ0v) is 18.4. The number of benzene rings is 1. The molecule has 0 spiro atoms. The Labute approximate surface area is 173 Å². The van der Waals surface area contributed by atoms with Crippen molar-refractivity contribution in [2.45, 2.75) is 58.7 Å². The predicted molar refractivity (Wildman–Crippen MR) is 110 cm³/mol. The van der Waals surface area contributed by atoms with Crippen molar-refractivity contribution in [3.8, 4) is 11.5 Å². The number of hydrogen-bond acceptors (Lipinski definition) is 7. The number of ether oxygens (including phenoxy) is 4. The van der Waals surface area contributed by atoms with Gasteiger partial charge in [0.05, 0.1) is 14.2 Å². The van der Waals surface area contributed by atoms with E-state index in [0.717, 1.165) is 44.5 Å². The Morgan fingerprint density at radius 2 is 1.86 bits per heavy atom. The summed E-state index contributed by atoms with van der Waals surface area (Å²) in [4.78, 5) is 24.9. The van der Waals surface area contributed by atoms with E-state index in [1.807, 2.05) is 6.92 Å². The van der Waals surface area contributed by atoms with E-state index in [0.29, 0.717) is 17.1 Å². The third-order valence-electron chi connectivity index (χ3n) is 5.71. The molecular formula is C22H33NO6. The molecule has 0 saturated carbocycles. The number of esters is 2. The maximum absolute atomic E-state index is 11.5. The number of piperidine rings is 1. The van der Waals surface area contributed by atoms with E-state index in [1.165, 1.54) is 14.0 Å². The molecule has 2 aliphatic heterocycles. The number of nitrogens with zero attached hydrogens (tertiary/aromatic N) is 1. The number of fused-ring (bicyclic) bond motifs is 1. The maximum atomic E-state index is 11.5. The average Bonchev–Trinajstić information content (AvgIpc) is 3.01. The molecule has 2 heterocycles. The molecule has 162 valence electrons. The summed E-state index contributed by atoms with van der Waals surface area (Å²) in [6, 6.07) is 3.48. The van der Waals surface area contributed by atoms with Gasteiger partial charge in [0.15, 0.2) is 0 Å². The van der Waals surface area contributed by atoms with Crippen LogP contribution in [0.3, 0.4) is 0 Å². The third-order valence-corrected chi connectivity index (χ3v) is 5.71. The van der Waals surface area contributed by atoms with Crippen molar-refractivity contribution in [3.05, 3.63) is 23.3 Å². The molecular weight excluding hydrogens is 374 g/mol. The van der Waals surface area contributed by atoms with E-state index in [4.69, 9.17) is 18.9 Å². The molecule has 0 amide bonds. The fourth-order valence-corrected chi connectivity index (χ4v) is 3.82. The number of rotatable bonds is 5. The van der Waals surface area contributed by atoms with Gasteiger partial charge in [-0.3, -0.25) is 4.79 Å². The lowest BCUT2D eigenvalue weighted by Gasteiger charge is -2.40. The Hall–Kier alpha value is -2.28. The summed E-state index contributed by atoms with van der Waals surface area (Å²) in [5.41, 5.74) is 1.15. The van der Waals surface area contributed by atoms with E-state index < -0.39 is 0 Å². The molecule has 29 heavy (non-hydrogen) atoms. The highest BCUT2D eigenvalue weighted by Crippen LogP contribution is 2.39. The Morgan fingerprint density at radius 1 is 1.21 bits per heavy atom. The molecule has 1 aromatic rings. The highest BCUT2D eigenvalue weighted by molar-refractivity contribution is 5.97. The van der Waals surface area contributed by atoms with Gasteiger partial charge in [0, 0.05) is 31.6 Å². The lowest BCUT2D eigenvalue weighted by atomic mass is 9.88. The van der Waals surface area contributed by atoms with E-state index in [2.05, 4.69) is 18.7 Å². The van der Waals surface area contributed by atoms with Gasteiger partial charge in [0.25, 0.3) is 0 Å². The number of hydrogen-bond donors (Lipinski definition) is 0. The second-order valence-corrected chi connectivity index (χ2v) is 7.41. The molecule has 0 N–H and O–H groups in total. The first-order chi connectivity index (χ1) is 13.8. The normalized spacial score (nSPS) is 20.1. The minimum atomic E-state index is -0.336. The van der Waals surface area contributed by atoms with Crippen LogP contribution in [0.2, 0.25) is 0 Å². The predicted octanol–water partition coefficient (Wildman–Crippen LogP) is 3.75. The van der Waals surface area contributed by atoms with E-state index in [9.17, 15) is 9.59 Å². The summed E-state index contributed by atoms with van der Waals surface area (Å²) < 4.78 is 20.8. The van der Waals surface area contributed by atoms with Crippen LogP contribution in [-0.2, 0) is 14.3 Å². The highest BCUT2D eigenvalue weighted by Gasteiger charge is 2.35. The first kappa shape index (κ1) is 23.0. The Morgan fingerprint density at radius 3 is 2.34 bits per heavy atom. The van der Waals surface area contributed by atoms with E-state index in [1.54, 1.807) is 19.2 Å². The molecule has 3 rings (SSSR count). The Kier molecular flexibility index (Phi) is 7.90. The van der Waals surface area contributed by atoms with Crippen molar-refractivity contribution in [3.63, 3.8) is 0 Å². The maximum Gasteiger partial charge on any atom is 0.342 e. The van der Waals surface area contributed by atoms with Crippen LogP contribution in [0.4, 0.5) is 0 Å². The quantitative estimate of drug-likeness (QED) is 0.688. The summed E-state index contributed by atoms with van der Waals surface area (Å²) >= 11 is 0. The van der Waals surface area contributed by atoms with Crippen LogP contribution in [0.15, 0.2) is 12.1 Å². The largest absolute Gasteiger partial charge is 0.497 e. The van der Waals surface area contributed by atoms with Gasteiger partial charge >= 0.3 is 11.9 Å². The first-order valence-corrected chi connectivity index (χ1v) is 10.2. The molecule has 1 aromatic carbocycles. The van der Waals surface area contributed by atoms with Gasteiger partial charge in [-0.2, -0.15) is 0 Å². The lowest BCUT2D eigenvalue weighted by molar-refractivity contribution is -0.162. The van der Waals surface area contributed by atoms with Gasteiger partial charge in [0.1, 0.15) is 28.8 Å². The summed E-state index contributed by atoms with van der Waals surface area (Å²) in [6.07, 6.45) is 2.66. The second-order valence-electron chi connectivity index (χ2n) is 7.41. The molecule has 7 nitrogen and oxygen atoms in total. The molecule has 0 bridgehead atoms. The molecule has 2 aliphatic rings. The molecule has 7 heteroatoms. The zero-order chi connectivity index (χ0) is 21.6. The van der Waals surface area contributed by atoms with Crippen molar-refractivity contribution in [1.29, 1.82) is 0 Å². The standard InChI is InChI=1S/C11H21NO2.C11H12O4/c1-4-11(14-10(3)13)6-8-12(5-2)9-7-11;1-6-8-4-7(13-2)5-9(14-3)10(8)11(12)15-6/h4-9H2,1-3H3;4-6H,1-3H3. The van der Waals surface area contributed by atoms with Crippen LogP contribution in [-0.4, -0.2) is 56.3 Å². The molecule has 1 saturated heterocycles. The van der Waals surface area contributed by atoms with E-state index in [-0.39, 0.29) is 23.6 Å². The van der Waals surface area contributed by atoms with Crippen molar-refractivity contribution in [2.24, 2.45) is 0 Å². The Balaban J connectivity index is 0.000000208. The monoisotopic (exact) mass is 407 g/mol. The molecule has 1 atom stereocenters. The van der Waals surface area contributed by atoms with Gasteiger partial charge in [-0.05, 0) is 38.8 Å². The minimum absolute atomic E-state index is 0.142. The van der Waals surface area contributed by atoms with E-state index >= 15 is 0 Å². The number of likely N-dealkylation sites (tertiary alicyclic amines) is 1. The van der Waals surface area contributed by atoms with Gasteiger partial charge in [-0.1, -0.05) is 13.8 Å². The number of cyclic esters (lactones) is 1. The molecule has 1 fully saturated rings. The Bertz CT molecular complexity index is 724. The van der Waals surface area contributed by atoms with Crippen LogP contribution in [0.1, 0.15) is 69.0 Å². The zero-order valence-electron chi connectivity index (χ0n) is 18.4. The van der Waals surface area contributed by atoms with Crippen LogP contribution < -0.4 is 9.47 Å². The third kappa shape index (κ3) is 5.41. The van der Waals surface area contributed by atoms with Gasteiger partial charge in [-0.25, -0.2) is 4.79 Å². The number of carbonyl (C=O) groups is 2. The smallest absolute Gasteiger partial charge is 0.342 e. The topological polar surface area (TPSA) is 74.3 Å². The van der Waals surface area contributed by atoms with Crippen LogP contribution in [0.25, 0.3) is 0 Å². The van der Waals surface area contributed by atoms with Crippen molar-refractivity contribution in [1.82, 2.24) is 4.90 Å². The fourth-order valence-electron chi connectivity index (χ4n) is 3.82. The summed E-state index contributed by atoms with van der Waals surface area (Å²) in [6.45, 7) is 10.8. The molecule has 0 aromatic heterocycles. The van der Waals surface area contributed by atoms with Gasteiger partial charge < -0.3 is 23.8 Å². The van der Waals surface area contributed by atoms with Crippen LogP contribution in [0, 0.1) is 0 Å². The molecule has 0 aliphatic carbocycles. The van der Waals surface area contributed by atoms with Crippen LogP contribution in [0.5, 0.6) is 11.5 Å². The number of carbonyl (C=O) groups excluding carboxylic acids is 2. The van der Waals surface area contributed by atoms with Crippen LogP contribution >= 0.6 is 0 Å². The summed E-state index contributed by atoms with van der Waals surface area (Å²) in [5.74, 6) is 0.684. The summed E-state index contributed by atoms with van der Waals surface area (Å²) in [5, 5.41) is 0. The van der Waals surface area contributed by atoms with Crippen molar-refractivity contribution in [2.75, 3.05) is 33.9 Å². The summed E-state index contributed by atoms with van der Waals surface area (Å²) in [7, 11) is 3.09. The second kappa shape index (κ2) is 9.96. The number of methoxy groups -OCH3 is 2. The van der Waals surface area contributed by atoms with Crippen molar-refractivity contribution < 1.29 is 28.5 Å². The SMILES string of the molecule is CCN1CCC(CC)(OC(C)=O)CC1.COc1cc(OC)c2c(c1)C(C)OC2=O. The highest BCUT2D eigenvalue weighted by atomic mass is 16.6. The first-order valence-electron chi connectivity index (χ1n) is 10.2.